The minimum Gasteiger partial charge on any atom is -0.378 e. The smallest absolute Gasteiger partial charge is 0.224 e. The van der Waals surface area contributed by atoms with Crippen molar-refractivity contribution in [3.63, 3.8) is 0 Å². The lowest BCUT2D eigenvalue weighted by Crippen LogP contribution is -2.23. The fourth-order valence-electron chi connectivity index (χ4n) is 1.46. The summed E-state index contributed by atoms with van der Waals surface area (Å²) in [6.07, 6.45) is 3.40. The Kier molecular flexibility index (Phi) is 4.16. The third-order valence-electron chi connectivity index (χ3n) is 2.70. The molecule has 0 saturated heterocycles. The van der Waals surface area contributed by atoms with Gasteiger partial charge in [0.2, 0.25) is 5.91 Å². The Labute approximate surface area is 119 Å². The van der Waals surface area contributed by atoms with Crippen LogP contribution in [0, 0.1) is 0 Å². The Morgan fingerprint density at radius 2 is 2.26 bits per heavy atom. The molecule has 0 aliphatic heterocycles. The number of amides is 1. The topological polar surface area (TPSA) is 73.9 Å². The molecule has 0 aromatic carbocycles. The lowest BCUT2D eigenvalue weighted by atomic mass is 10.3. The number of halogens is 1. The first-order valence-corrected chi connectivity index (χ1v) is 6.49. The molecule has 0 fully saturated rings. The normalized spacial score (nSPS) is 10.3. The molecule has 0 unspecified atom stereocenters. The zero-order valence-corrected chi connectivity index (χ0v) is 12.2. The van der Waals surface area contributed by atoms with E-state index in [1.165, 1.54) is 11.8 Å². The van der Waals surface area contributed by atoms with Crippen LogP contribution < -0.4 is 10.2 Å². The first-order valence-electron chi connectivity index (χ1n) is 5.70. The second-order valence-corrected chi connectivity index (χ2v) is 4.89. The highest BCUT2D eigenvalue weighted by molar-refractivity contribution is 9.10. The summed E-state index contributed by atoms with van der Waals surface area (Å²) in [6, 6.07) is 3.68. The standard InChI is InChI=1S/C12H14BrN5O/c1-8(19)18(2)12-4-3-9(5-15-12)14-7-11-10(13)6-16-17-11/h3-6,14H,7H2,1-2H3,(H,16,17). The summed E-state index contributed by atoms with van der Waals surface area (Å²) in [5, 5.41) is 10.0. The van der Waals surface area contributed by atoms with Crippen molar-refractivity contribution >= 4 is 33.3 Å². The summed E-state index contributed by atoms with van der Waals surface area (Å²) in [4.78, 5) is 16.9. The number of hydrogen-bond donors (Lipinski definition) is 2. The number of H-pyrrole nitrogens is 1. The molecule has 0 aliphatic carbocycles. The molecule has 0 saturated carbocycles. The number of anilines is 2. The van der Waals surface area contributed by atoms with E-state index in [0.717, 1.165) is 15.9 Å². The molecule has 1 amide bonds. The monoisotopic (exact) mass is 323 g/mol. The van der Waals surface area contributed by atoms with Crippen LogP contribution in [0.2, 0.25) is 0 Å². The van der Waals surface area contributed by atoms with Crippen molar-refractivity contribution < 1.29 is 4.79 Å². The largest absolute Gasteiger partial charge is 0.378 e. The average molecular weight is 324 g/mol. The molecule has 7 heteroatoms. The van der Waals surface area contributed by atoms with Crippen LogP contribution in [0.1, 0.15) is 12.6 Å². The van der Waals surface area contributed by atoms with Crippen LogP contribution in [0.3, 0.4) is 0 Å². The fraction of sp³-hybridized carbons (Fsp3) is 0.250. The highest BCUT2D eigenvalue weighted by atomic mass is 79.9. The lowest BCUT2D eigenvalue weighted by molar-refractivity contribution is -0.116. The maximum absolute atomic E-state index is 11.2. The number of hydrogen-bond acceptors (Lipinski definition) is 4. The molecule has 0 radical (unpaired) electrons. The zero-order valence-electron chi connectivity index (χ0n) is 10.6. The van der Waals surface area contributed by atoms with Crippen LogP contribution >= 0.6 is 15.9 Å². The summed E-state index contributed by atoms with van der Waals surface area (Å²) < 4.78 is 0.931. The summed E-state index contributed by atoms with van der Waals surface area (Å²) >= 11 is 3.39. The van der Waals surface area contributed by atoms with Crippen LogP contribution in [-0.2, 0) is 11.3 Å². The molecule has 0 spiro atoms. The van der Waals surface area contributed by atoms with Crippen LogP contribution in [0.4, 0.5) is 11.5 Å². The van der Waals surface area contributed by atoms with Crippen LogP contribution in [-0.4, -0.2) is 28.1 Å². The first-order chi connectivity index (χ1) is 9.08. The van der Waals surface area contributed by atoms with E-state index >= 15 is 0 Å². The molecule has 2 aromatic heterocycles. The third-order valence-corrected chi connectivity index (χ3v) is 3.38. The van der Waals surface area contributed by atoms with Crippen LogP contribution in [0.5, 0.6) is 0 Å². The summed E-state index contributed by atoms with van der Waals surface area (Å²) in [6.45, 7) is 2.12. The number of carbonyl (C=O) groups is 1. The fourth-order valence-corrected chi connectivity index (χ4v) is 1.79. The molecule has 100 valence electrons. The molecule has 2 N–H and O–H groups in total. The van der Waals surface area contributed by atoms with Crippen LogP contribution in [0.25, 0.3) is 0 Å². The molecule has 0 atom stereocenters. The van der Waals surface area contributed by atoms with Gasteiger partial charge in [0.05, 0.1) is 34.8 Å². The predicted molar refractivity (Wildman–Crippen MR) is 76.9 cm³/mol. The van der Waals surface area contributed by atoms with Gasteiger partial charge in [-0.25, -0.2) is 4.98 Å². The van der Waals surface area contributed by atoms with Crippen molar-refractivity contribution in [2.45, 2.75) is 13.5 Å². The summed E-state index contributed by atoms with van der Waals surface area (Å²) in [5.74, 6) is 0.579. The van der Waals surface area contributed by atoms with E-state index in [4.69, 9.17) is 0 Å². The van der Waals surface area contributed by atoms with E-state index in [0.29, 0.717) is 12.4 Å². The molecular formula is C12H14BrN5O. The Bertz CT molecular complexity index is 566. The second kappa shape index (κ2) is 5.83. The molecule has 0 bridgehead atoms. The van der Waals surface area contributed by atoms with E-state index in [9.17, 15) is 4.79 Å². The van der Waals surface area contributed by atoms with Crippen molar-refractivity contribution in [3.05, 3.63) is 34.7 Å². The number of nitrogens with zero attached hydrogens (tertiary/aromatic N) is 3. The highest BCUT2D eigenvalue weighted by Crippen LogP contribution is 2.16. The highest BCUT2D eigenvalue weighted by Gasteiger charge is 2.06. The zero-order chi connectivity index (χ0) is 13.8. The van der Waals surface area contributed by atoms with E-state index in [1.807, 2.05) is 6.07 Å². The van der Waals surface area contributed by atoms with E-state index in [1.54, 1.807) is 25.5 Å². The quantitative estimate of drug-likeness (QED) is 0.904. The van der Waals surface area contributed by atoms with E-state index in [-0.39, 0.29) is 5.91 Å². The Morgan fingerprint density at radius 1 is 1.47 bits per heavy atom. The average Bonchev–Trinajstić information content (AvgIpc) is 2.81. The molecule has 19 heavy (non-hydrogen) atoms. The Balaban J connectivity index is 1.99. The van der Waals surface area contributed by atoms with E-state index in [2.05, 4.69) is 36.4 Å². The van der Waals surface area contributed by atoms with Gasteiger partial charge in [0.15, 0.2) is 0 Å². The Morgan fingerprint density at radius 3 is 2.79 bits per heavy atom. The molecule has 2 rings (SSSR count). The van der Waals surface area contributed by atoms with Gasteiger partial charge >= 0.3 is 0 Å². The predicted octanol–water partition coefficient (Wildman–Crippen LogP) is 2.16. The van der Waals surface area contributed by atoms with Gasteiger partial charge in [-0.15, -0.1) is 0 Å². The van der Waals surface area contributed by atoms with Gasteiger partial charge < -0.3 is 10.2 Å². The van der Waals surface area contributed by atoms with Gasteiger partial charge in [-0.05, 0) is 28.1 Å². The van der Waals surface area contributed by atoms with Crippen molar-refractivity contribution in [2.75, 3.05) is 17.3 Å². The molecule has 6 nitrogen and oxygen atoms in total. The Hall–Kier alpha value is -1.89. The number of aromatic amines is 1. The van der Waals surface area contributed by atoms with Gasteiger partial charge in [0.1, 0.15) is 5.82 Å². The maximum atomic E-state index is 11.2. The second-order valence-electron chi connectivity index (χ2n) is 4.03. The molecule has 2 heterocycles. The van der Waals surface area contributed by atoms with Crippen molar-refractivity contribution in [1.29, 1.82) is 0 Å². The van der Waals surface area contributed by atoms with Crippen molar-refractivity contribution in [3.8, 4) is 0 Å². The van der Waals surface area contributed by atoms with Gasteiger partial charge in [-0.1, -0.05) is 0 Å². The number of nitrogens with one attached hydrogen (secondary N) is 2. The summed E-state index contributed by atoms with van der Waals surface area (Å²) in [7, 11) is 1.69. The number of carbonyl (C=O) groups excluding carboxylic acids is 1. The molecule has 0 aliphatic rings. The maximum Gasteiger partial charge on any atom is 0.224 e. The number of rotatable bonds is 4. The lowest BCUT2D eigenvalue weighted by Gasteiger charge is -2.14. The first kappa shape index (κ1) is 13.5. The van der Waals surface area contributed by atoms with E-state index < -0.39 is 0 Å². The van der Waals surface area contributed by atoms with Crippen molar-refractivity contribution in [1.82, 2.24) is 15.2 Å². The summed E-state index contributed by atoms with van der Waals surface area (Å²) in [5.41, 5.74) is 1.84. The number of pyridine rings is 1. The van der Waals surface area contributed by atoms with Gasteiger partial charge in [-0.3, -0.25) is 9.89 Å². The molecular weight excluding hydrogens is 310 g/mol. The van der Waals surface area contributed by atoms with Crippen LogP contribution in [0.15, 0.2) is 29.0 Å². The minimum atomic E-state index is -0.0467. The number of aromatic nitrogens is 3. The molecule has 2 aromatic rings. The van der Waals surface area contributed by atoms with Gasteiger partial charge in [-0.2, -0.15) is 5.10 Å². The van der Waals surface area contributed by atoms with Gasteiger partial charge in [0.25, 0.3) is 0 Å². The third kappa shape index (κ3) is 3.31. The SMILES string of the molecule is CC(=O)N(C)c1ccc(NCc2[nH]ncc2Br)cn1. The van der Waals surface area contributed by atoms with Crippen molar-refractivity contribution in [2.24, 2.45) is 0 Å². The minimum absolute atomic E-state index is 0.0467. The van der Waals surface area contributed by atoms with Gasteiger partial charge in [0, 0.05) is 14.0 Å².